The van der Waals surface area contributed by atoms with Gasteiger partial charge < -0.3 is 4.74 Å². The van der Waals surface area contributed by atoms with Crippen molar-refractivity contribution in [3.63, 3.8) is 0 Å². The minimum atomic E-state index is -0.430. The summed E-state index contributed by atoms with van der Waals surface area (Å²) in [6.07, 6.45) is 0. The number of amides is 2. The second-order valence-electron chi connectivity index (χ2n) is 6.70. The first-order valence-corrected chi connectivity index (χ1v) is 12.6. The number of aromatic nitrogens is 1. The molecule has 2 N–H and O–H groups in total. The molecule has 1 aliphatic rings. The third kappa shape index (κ3) is 5.41. The number of carbonyl (C=O) groups excluding carboxylic acids is 2. The minimum absolute atomic E-state index is 0.184. The van der Waals surface area contributed by atoms with Crippen molar-refractivity contribution in [3.05, 3.63) is 70.7 Å². The molecule has 0 bridgehead atoms. The van der Waals surface area contributed by atoms with Crippen molar-refractivity contribution in [2.24, 2.45) is 0 Å². The van der Waals surface area contributed by atoms with Crippen LogP contribution in [0.15, 0.2) is 54.6 Å². The summed E-state index contributed by atoms with van der Waals surface area (Å²) in [6.45, 7) is 1.59. The van der Waals surface area contributed by atoms with E-state index in [2.05, 4.69) is 15.8 Å². The van der Waals surface area contributed by atoms with Crippen LogP contribution < -0.4 is 15.6 Å². The Hall–Kier alpha value is -2.49. The fraction of sp³-hybridized carbons (Fsp3) is 0.227. The number of nitrogens with zero attached hydrogens (tertiary/aromatic N) is 1. The molecule has 0 radical (unpaired) electrons. The quantitative estimate of drug-likeness (QED) is 0.518. The molecule has 2 aromatic carbocycles. The lowest BCUT2D eigenvalue weighted by Gasteiger charge is -2.15. The van der Waals surface area contributed by atoms with Gasteiger partial charge in [0.2, 0.25) is 0 Å². The van der Waals surface area contributed by atoms with Gasteiger partial charge in [-0.3, -0.25) is 20.4 Å². The second kappa shape index (κ2) is 10.2. The van der Waals surface area contributed by atoms with E-state index in [9.17, 15) is 9.59 Å². The van der Waals surface area contributed by atoms with Gasteiger partial charge in [-0.25, -0.2) is 4.98 Å². The molecule has 1 saturated heterocycles. The monoisotopic (exact) mass is 471 g/mol. The van der Waals surface area contributed by atoms with Crippen LogP contribution in [0.2, 0.25) is 0 Å². The van der Waals surface area contributed by atoms with Crippen LogP contribution in [0, 0.1) is 6.92 Å². The summed E-state index contributed by atoms with van der Waals surface area (Å²) in [4.78, 5) is 29.7. The average Bonchev–Trinajstić information content (AvgIpc) is 3.47. The van der Waals surface area contributed by atoms with E-state index in [1.54, 1.807) is 6.92 Å². The van der Waals surface area contributed by atoms with E-state index in [1.165, 1.54) is 11.3 Å². The molecule has 0 unspecified atom stereocenters. The zero-order valence-corrected chi connectivity index (χ0v) is 19.2. The van der Waals surface area contributed by atoms with Crippen LogP contribution in [0.4, 0.5) is 0 Å². The number of thioether (sulfide) groups is 2. The molecule has 1 aromatic heterocycles. The van der Waals surface area contributed by atoms with Crippen LogP contribution in [-0.2, 0) is 4.79 Å². The maximum Gasteiger partial charge on any atom is 0.281 e. The summed E-state index contributed by atoms with van der Waals surface area (Å²) in [5.41, 5.74) is 7.53. The van der Waals surface area contributed by atoms with Crippen LogP contribution in [0.25, 0.3) is 10.6 Å². The Morgan fingerprint density at radius 1 is 1.03 bits per heavy atom. The molecule has 2 amide bonds. The van der Waals surface area contributed by atoms with E-state index in [1.807, 2.05) is 78.1 Å². The Kier molecular flexibility index (Phi) is 7.16. The molecule has 1 fully saturated rings. The van der Waals surface area contributed by atoms with Crippen molar-refractivity contribution >= 4 is 46.7 Å². The van der Waals surface area contributed by atoms with Crippen molar-refractivity contribution in [3.8, 4) is 16.3 Å². The predicted molar refractivity (Wildman–Crippen MR) is 127 cm³/mol. The number of nitrogens with one attached hydrogen (secondary N) is 2. The van der Waals surface area contributed by atoms with Crippen molar-refractivity contribution in [2.45, 2.75) is 11.5 Å². The van der Waals surface area contributed by atoms with Gasteiger partial charge in [0.05, 0.1) is 10.3 Å². The molecule has 6 nitrogen and oxygen atoms in total. The first kappa shape index (κ1) is 21.7. The van der Waals surface area contributed by atoms with E-state index in [0.29, 0.717) is 20.9 Å². The van der Waals surface area contributed by atoms with Gasteiger partial charge in [0, 0.05) is 22.6 Å². The number of benzene rings is 2. The summed E-state index contributed by atoms with van der Waals surface area (Å²) >= 11 is 5.04. The van der Waals surface area contributed by atoms with E-state index >= 15 is 0 Å². The van der Waals surface area contributed by atoms with Gasteiger partial charge in [-0.2, -0.15) is 0 Å². The first-order chi connectivity index (χ1) is 15.1. The summed E-state index contributed by atoms with van der Waals surface area (Å²) in [5.74, 6) is 2.09. The number of aryl methyl sites for hydroxylation is 1. The number of hydrogen-bond donors (Lipinski definition) is 2. The third-order valence-electron chi connectivity index (χ3n) is 4.49. The van der Waals surface area contributed by atoms with Gasteiger partial charge in [0.1, 0.15) is 15.6 Å². The van der Waals surface area contributed by atoms with Crippen molar-refractivity contribution in [2.75, 3.05) is 18.1 Å². The summed E-state index contributed by atoms with van der Waals surface area (Å²) in [6, 6.07) is 17.4. The van der Waals surface area contributed by atoms with Crippen molar-refractivity contribution < 1.29 is 14.3 Å². The number of rotatable bonds is 6. The Morgan fingerprint density at radius 2 is 1.74 bits per heavy atom. The maximum absolute atomic E-state index is 12.5. The zero-order chi connectivity index (χ0) is 21.6. The lowest BCUT2D eigenvalue weighted by atomic mass is 10.2. The lowest BCUT2D eigenvalue weighted by Crippen LogP contribution is -2.43. The highest BCUT2D eigenvalue weighted by molar-refractivity contribution is 8.19. The molecule has 31 heavy (non-hydrogen) atoms. The normalized spacial score (nSPS) is 13.7. The van der Waals surface area contributed by atoms with Crippen LogP contribution in [0.1, 0.15) is 25.5 Å². The highest BCUT2D eigenvalue weighted by atomic mass is 32.2. The minimum Gasteiger partial charge on any atom is -0.483 e. The first-order valence-electron chi connectivity index (χ1n) is 9.69. The third-order valence-corrected chi connectivity index (χ3v) is 8.77. The van der Waals surface area contributed by atoms with Crippen LogP contribution in [0.5, 0.6) is 5.75 Å². The maximum atomic E-state index is 12.5. The SMILES string of the molecule is Cc1nc(-c2ccccc2)sc1C(=O)NNC(=O)COc1ccccc1C1SCCS1. The van der Waals surface area contributed by atoms with E-state index in [0.717, 1.165) is 27.6 Å². The number of thiazole rings is 1. The smallest absolute Gasteiger partial charge is 0.281 e. The van der Waals surface area contributed by atoms with Crippen LogP contribution in [0.3, 0.4) is 0 Å². The highest BCUT2D eigenvalue weighted by Crippen LogP contribution is 2.48. The lowest BCUT2D eigenvalue weighted by molar-refractivity contribution is -0.123. The molecule has 160 valence electrons. The van der Waals surface area contributed by atoms with E-state index < -0.39 is 11.8 Å². The number of para-hydroxylation sites is 1. The molecule has 3 aromatic rings. The van der Waals surface area contributed by atoms with Crippen LogP contribution in [-0.4, -0.2) is 34.9 Å². The van der Waals surface area contributed by atoms with Crippen molar-refractivity contribution in [1.29, 1.82) is 0 Å². The number of carbonyl (C=O) groups is 2. The fourth-order valence-electron chi connectivity index (χ4n) is 3.02. The summed E-state index contributed by atoms with van der Waals surface area (Å²) in [7, 11) is 0. The van der Waals surface area contributed by atoms with Gasteiger partial charge in [-0.1, -0.05) is 48.5 Å². The van der Waals surface area contributed by atoms with Gasteiger partial charge >= 0.3 is 0 Å². The molecule has 4 rings (SSSR count). The molecular formula is C22H21N3O3S3. The Balaban J connectivity index is 1.32. The fourth-order valence-corrected chi connectivity index (χ4v) is 6.89. The Labute approximate surface area is 193 Å². The topological polar surface area (TPSA) is 80.3 Å². The molecule has 1 aliphatic heterocycles. The average molecular weight is 472 g/mol. The molecular weight excluding hydrogens is 450 g/mol. The number of hydrogen-bond acceptors (Lipinski definition) is 7. The Bertz CT molecular complexity index is 1070. The number of hydrazine groups is 1. The Morgan fingerprint density at radius 3 is 2.52 bits per heavy atom. The molecule has 0 spiro atoms. The predicted octanol–water partition coefficient (Wildman–Crippen LogP) is 4.44. The van der Waals surface area contributed by atoms with Gasteiger partial charge in [-0.05, 0) is 13.0 Å². The summed E-state index contributed by atoms with van der Waals surface area (Å²) < 4.78 is 6.06. The van der Waals surface area contributed by atoms with Gasteiger partial charge in [0.15, 0.2) is 6.61 Å². The standard InChI is InChI=1S/C22H21N3O3S3/c1-14-19(31-21(23-14)15-7-3-2-4-8-15)20(27)25-24-18(26)13-28-17-10-6-5-9-16(17)22-29-11-12-30-22/h2-10,22H,11-13H2,1H3,(H,24,26)(H,25,27). The largest absolute Gasteiger partial charge is 0.483 e. The molecule has 2 heterocycles. The molecule has 0 atom stereocenters. The van der Waals surface area contributed by atoms with E-state index in [4.69, 9.17) is 4.74 Å². The molecule has 9 heteroatoms. The second-order valence-corrected chi connectivity index (χ2v) is 10.4. The highest BCUT2D eigenvalue weighted by Gasteiger charge is 2.22. The van der Waals surface area contributed by atoms with Crippen LogP contribution >= 0.6 is 34.9 Å². The summed E-state index contributed by atoms with van der Waals surface area (Å²) in [5, 5.41) is 0.761. The molecule has 0 saturated carbocycles. The van der Waals surface area contributed by atoms with Gasteiger partial charge in [-0.15, -0.1) is 34.9 Å². The van der Waals surface area contributed by atoms with E-state index in [-0.39, 0.29) is 6.61 Å². The zero-order valence-electron chi connectivity index (χ0n) is 16.8. The van der Waals surface area contributed by atoms with Gasteiger partial charge in [0.25, 0.3) is 11.8 Å². The van der Waals surface area contributed by atoms with Crippen molar-refractivity contribution in [1.82, 2.24) is 15.8 Å². The molecule has 0 aliphatic carbocycles. The number of ether oxygens (including phenoxy) is 1.